The van der Waals surface area contributed by atoms with Gasteiger partial charge < -0.3 is 0 Å². The van der Waals surface area contributed by atoms with Crippen molar-refractivity contribution in [1.82, 2.24) is 0 Å². The molecular formula is C10H14Cl2. The Labute approximate surface area is 84.2 Å². The molecule has 0 saturated carbocycles. The normalized spacial score (nSPS) is 26.5. The summed E-state index contributed by atoms with van der Waals surface area (Å²) < 4.78 is 0. The zero-order valence-electron chi connectivity index (χ0n) is 7.15. The maximum absolute atomic E-state index is 5.99. The quantitative estimate of drug-likeness (QED) is 0.410. The first-order chi connectivity index (χ1) is 5.79. The van der Waals surface area contributed by atoms with Crippen LogP contribution < -0.4 is 0 Å². The SMILES string of the molecule is ClC1=C=CC(Cl)CCCCCC1. The van der Waals surface area contributed by atoms with E-state index in [0.717, 1.165) is 17.9 Å². The Balaban J connectivity index is 2.55. The average Bonchev–Trinajstić information content (AvgIpc) is 2.07. The summed E-state index contributed by atoms with van der Waals surface area (Å²) >= 11 is 11.9. The van der Waals surface area contributed by atoms with Crippen LogP contribution in [0.3, 0.4) is 0 Å². The van der Waals surface area contributed by atoms with E-state index in [-0.39, 0.29) is 5.38 Å². The Hall–Kier alpha value is 0.1000. The summed E-state index contributed by atoms with van der Waals surface area (Å²) in [6.07, 6.45) is 8.86. The molecule has 0 amide bonds. The largest absolute Gasteiger partial charge is 0.118 e. The van der Waals surface area contributed by atoms with Gasteiger partial charge in [0.1, 0.15) is 0 Å². The van der Waals surface area contributed by atoms with Gasteiger partial charge in [0.15, 0.2) is 0 Å². The monoisotopic (exact) mass is 204 g/mol. The fourth-order valence-corrected chi connectivity index (χ4v) is 1.72. The van der Waals surface area contributed by atoms with Crippen molar-refractivity contribution in [2.75, 3.05) is 0 Å². The van der Waals surface area contributed by atoms with Gasteiger partial charge in [0, 0.05) is 0 Å². The van der Waals surface area contributed by atoms with E-state index in [2.05, 4.69) is 5.73 Å². The number of allylic oxidation sites excluding steroid dienone is 1. The molecule has 0 N–H and O–H groups in total. The van der Waals surface area contributed by atoms with Crippen molar-refractivity contribution in [3.05, 3.63) is 16.8 Å². The Kier molecular flexibility index (Phi) is 4.83. The average molecular weight is 205 g/mol. The van der Waals surface area contributed by atoms with Crippen molar-refractivity contribution in [1.29, 1.82) is 0 Å². The van der Waals surface area contributed by atoms with Gasteiger partial charge in [-0.05, 0) is 25.3 Å². The van der Waals surface area contributed by atoms with Crippen LogP contribution in [0.4, 0.5) is 0 Å². The van der Waals surface area contributed by atoms with E-state index in [9.17, 15) is 0 Å². The highest BCUT2D eigenvalue weighted by molar-refractivity contribution is 6.29. The van der Waals surface area contributed by atoms with Crippen LogP contribution in [0.2, 0.25) is 0 Å². The Bertz CT molecular complexity index is 190. The van der Waals surface area contributed by atoms with Crippen molar-refractivity contribution in [3.8, 4) is 0 Å². The van der Waals surface area contributed by atoms with E-state index < -0.39 is 0 Å². The summed E-state index contributed by atoms with van der Waals surface area (Å²) in [4.78, 5) is 0. The van der Waals surface area contributed by atoms with E-state index in [1.807, 2.05) is 6.08 Å². The molecule has 0 aliphatic heterocycles. The summed E-state index contributed by atoms with van der Waals surface area (Å²) in [5.74, 6) is 0. The van der Waals surface area contributed by atoms with Crippen LogP contribution in [0.1, 0.15) is 38.5 Å². The predicted molar refractivity (Wildman–Crippen MR) is 54.8 cm³/mol. The van der Waals surface area contributed by atoms with E-state index >= 15 is 0 Å². The molecule has 68 valence electrons. The van der Waals surface area contributed by atoms with Crippen molar-refractivity contribution >= 4 is 23.2 Å². The first kappa shape index (κ1) is 10.2. The number of halogens is 2. The summed E-state index contributed by atoms with van der Waals surface area (Å²) in [6, 6.07) is 0. The molecule has 0 saturated heterocycles. The summed E-state index contributed by atoms with van der Waals surface area (Å²) in [6.45, 7) is 0. The Morgan fingerprint density at radius 1 is 1.25 bits per heavy atom. The molecule has 0 radical (unpaired) electrons. The van der Waals surface area contributed by atoms with Gasteiger partial charge in [-0.3, -0.25) is 0 Å². The van der Waals surface area contributed by atoms with Crippen LogP contribution in [-0.2, 0) is 0 Å². The zero-order valence-corrected chi connectivity index (χ0v) is 8.67. The van der Waals surface area contributed by atoms with Crippen LogP contribution in [0, 0.1) is 0 Å². The Morgan fingerprint density at radius 2 is 2.00 bits per heavy atom. The van der Waals surface area contributed by atoms with Gasteiger partial charge in [-0.2, -0.15) is 0 Å². The minimum atomic E-state index is 0.122. The summed E-state index contributed by atoms with van der Waals surface area (Å²) in [5.41, 5.74) is 3.03. The molecule has 1 rings (SSSR count). The highest BCUT2D eigenvalue weighted by Crippen LogP contribution is 2.17. The molecule has 1 unspecified atom stereocenters. The molecule has 0 bridgehead atoms. The van der Waals surface area contributed by atoms with Gasteiger partial charge in [-0.1, -0.05) is 30.9 Å². The lowest BCUT2D eigenvalue weighted by Crippen LogP contribution is -1.93. The maximum atomic E-state index is 5.99. The van der Waals surface area contributed by atoms with Crippen LogP contribution in [0.25, 0.3) is 0 Å². The molecule has 0 heterocycles. The number of alkyl halides is 1. The second-order valence-corrected chi connectivity index (χ2v) is 4.20. The highest BCUT2D eigenvalue weighted by atomic mass is 35.5. The molecule has 1 atom stereocenters. The fourth-order valence-electron chi connectivity index (χ4n) is 1.31. The highest BCUT2D eigenvalue weighted by Gasteiger charge is 2.01. The molecule has 0 fully saturated rings. The molecule has 0 aromatic heterocycles. The van der Waals surface area contributed by atoms with E-state index in [1.54, 1.807) is 0 Å². The first-order valence-electron chi connectivity index (χ1n) is 4.54. The third-order valence-electron chi connectivity index (χ3n) is 2.05. The lowest BCUT2D eigenvalue weighted by molar-refractivity contribution is 0.619. The minimum absolute atomic E-state index is 0.122. The van der Waals surface area contributed by atoms with Gasteiger partial charge in [0.2, 0.25) is 0 Å². The van der Waals surface area contributed by atoms with Crippen molar-refractivity contribution in [2.24, 2.45) is 0 Å². The molecule has 0 spiro atoms. The summed E-state index contributed by atoms with van der Waals surface area (Å²) in [5, 5.41) is 0.944. The van der Waals surface area contributed by atoms with E-state index in [4.69, 9.17) is 23.2 Å². The molecule has 1 aliphatic rings. The Morgan fingerprint density at radius 3 is 2.83 bits per heavy atom. The smallest absolute Gasteiger partial charge is 0.0594 e. The molecule has 0 nitrogen and oxygen atoms in total. The molecule has 12 heavy (non-hydrogen) atoms. The second-order valence-electron chi connectivity index (χ2n) is 3.18. The topological polar surface area (TPSA) is 0 Å². The van der Waals surface area contributed by atoms with Crippen LogP contribution >= 0.6 is 23.2 Å². The van der Waals surface area contributed by atoms with Crippen LogP contribution in [0.15, 0.2) is 16.8 Å². The predicted octanol–water partition coefficient (Wildman–Crippen LogP) is 4.23. The van der Waals surface area contributed by atoms with Crippen molar-refractivity contribution < 1.29 is 0 Å². The third kappa shape index (κ3) is 4.21. The summed E-state index contributed by atoms with van der Waals surface area (Å²) in [7, 11) is 0. The molecule has 0 aromatic carbocycles. The van der Waals surface area contributed by atoms with Gasteiger partial charge >= 0.3 is 0 Å². The van der Waals surface area contributed by atoms with Crippen molar-refractivity contribution in [3.63, 3.8) is 0 Å². The third-order valence-corrected chi connectivity index (χ3v) is 2.69. The first-order valence-corrected chi connectivity index (χ1v) is 5.36. The van der Waals surface area contributed by atoms with E-state index in [0.29, 0.717) is 0 Å². The van der Waals surface area contributed by atoms with Crippen molar-refractivity contribution in [2.45, 2.75) is 43.9 Å². The van der Waals surface area contributed by atoms with Gasteiger partial charge in [0.05, 0.1) is 10.4 Å². The molecule has 2 heteroatoms. The van der Waals surface area contributed by atoms with E-state index in [1.165, 1.54) is 25.7 Å². The van der Waals surface area contributed by atoms with Gasteiger partial charge in [-0.15, -0.1) is 17.3 Å². The zero-order chi connectivity index (χ0) is 8.81. The number of hydrogen-bond acceptors (Lipinski definition) is 0. The number of rotatable bonds is 0. The molecule has 1 aliphatic carbocycles. The molecular weight excluding hydrogens is 191 g/mol. The molecule has 0 aromatic rings. The fraction of sp³-hybridized carbons (Fsp3) is 0.700. The maximum Gasteiger partial charge on any atom is 0.0594 e. The lowest BCUT2D eigenvalue weighted by atomic mass is 10.1. The minimum Gasteiger partial charge on any atom is -0.118 e. The van der Waals surface area contributed by atoms with Gasteiger partial charge in [-0.25, -0.2) is 0 Å². The second kappa shape index (κ2) is 5.70. The standard InChI is InChI=1S/C10H14Cl2/c11-9-5-3-1-2-4-6-10(12)8-7-9/h7,9H,1-6H2. The number of hydrogen-bond donors (Lipinski definition) is 0. The van der Waals surface area contributed by atoms with Gasteiger partial charge in [0.25, 0.3) is 0 Å². The van der Waals surface area contributed by atoms with Crippen LogP contribution in [-0.4, -0.2) is 5.38 Å². The van der Waals surface area contributed by atoms with Crippen LogP contribution in [0.5, 0.6) is 0 Å². The lowest BCUT2D eigenvalue weighted by Gasteiger charge is -2.05.